The molecule has 0 aliphatic carbocycles. The van der Waals surface area contributed by atoms with Gasteiger partial charge in [-0.2, -0.15) is 0 Å². The Bertz CT molecular complexity index is 517. The lowest BCUT2D eigenvalue weighted by atomic mass is 10.1. The van der Waals surface area contributed by atoms with Crippen LogP contribution in [0.2, 0.25) is 0 Å². The first-order valence-electron chi connectivity index (χ1n) is 6.04. The SMILES string of the molecule is O=C(O)CC1COCCN1C(=O)c1cc(F)cc(Br)c1. The largest absolute Gasteiger partial charge is 0.481 e. The minimum absolute atomic E-state index is 0.175. The van der Waals surface area contributed by atoms with Crippen LogP contribution in [0.4, 0.5) is 4.39 Å². The molecule has 1 aliphatic rings. The standard InChI is InChI=1S/C13H13BrFNO4/c14-9-3-8(4-10(15)5-9)13(19)16-1-2-20-7-11(16)6-12(17)18/h3-5,11H,1-2,6-7H2,(H,17,18). The topological polar surface area (TPSA) is 66.8 Å². The molecule has 0 saturated carbocycles. The summed E-state index contributed by atoms with van der Waals surface area (Å²) in [5, 5.41) is 8.86. The van der Waals surface area contributed by atoms with Gasteiger partial charge in [-0.05, 0) is 18.2 Å². The van der Waals surface area contributed by atoms with Crippen molar-refractivity contribution in [2.45, 2.75) is 12.5 Å². The van der Waals surface area contributed by atoms with Crippen molar-refractivity contribution in [1.82, 2.24) is 4.90 Å². The lowest BCUT2D eigenvalue weighted by Gasteiger charge is -2.34. The summed E-state index contributed by atoms with van der Waals surface area (Å²) in [6, 6.07) is 3.37. The van der Waals surface area contributed by atoms with Gasteiger partial charge < -0.3 is 14.7 Å². The van der Waals surface area contributed by atoms with E-state index in [1.165, 1.54) is 17.0 Å². The van der Waals surface area contributed by atoms with Gasteiger partial charge in [0.2, 0.25) is 0 Å². The number of hydrogen-bond donors (Lipinski definition) is 1. The number of carboxylic acid groups (broad SMARTS) is 1. The Kier molecular flexibility index (Phi) is 4.72. The zero-order chi connectivity index (χ0) is 14.7. The highest BCUT2D eigenvalue weighted by Crippen LogP contribution is 2.19. The normalized spacial score (nSPS) is 18.9. The van der Waals surface area contributed by atoms with E-state index >= 15 is 0 Å². The number of carbonyl (C=O) groups is 2. The molecule has 1 fully saturated rings. The summed E-state index contributed by atoms with van der Waals surface area (Å²) < 4.78 is 19.0. The summed E-state index contributed by atoms with van der Waals surface area (Å²) in [5.41, 5.74) is 0.189. The fraction of sp³-hybridized carbons (Fsp3) is 0.385. The van der Waals surface area contributed by atoms with Crippen LogP contribution in [-0.2, 0) is 9.53 Å². The number of carbonyl (C=O) groups excluding carboxylic acids is 1. The van der Waals surface area contributed by atoms with Crippen molar-refractivity contribution in [1.29, 1.82) is 0 Å². The highest BCUT2D eigenvalue weighted by molar-refractivity contribution is 9.10. The average Bonchev–Trinajstić information content (AvgIpc) is 2.36. The molecule has 108 valence electrons. The Morgan fingerprint density at radius 2 is 2.20 bits per heavy atom. The minimum atomic E-state index is -1.00. The van der Waals surface area contributed by atoms with Crippen molar-refractivity contribution in [2.75, 3.05) is 19.8 Å². The lowest BCUT2D eigenvalue weighted by Crippen LogP contribution is -2.49. The van der Waals surface area contributed by atoms with Crippen LogP contribution in [0.15, 0.2) is 22.7 Å². The molecule has 0 radical (unpaired) electrons. The van der Waals surface area contributed by atoms with Crippen molar-refractivity contribution < 1.29 is 23.8 Å². The maximum atomic E-state index is 13.3. The van der Waals surface area contributed by atoms with Gasteiger partial charge in [0.25, 0.3) is 5.91 Å². The zero-order valence-corrected chi connectivity index (χ0v) is 12.1. The summed E-state index contributed by atoms with van der Waals surface area (Å²) in [4.78, 5) is 24.6. The maximum Gasteiger partial charge on any atom is 0.305 e. The molecule has 1 N–H and O–H groups in total. The van der Waals surface area contributed by atoms with E-state index in [4.69, 9.17) is 9.84 Å². The molecule has 20 heavy (non-hydrogen) atoms. The summed E-state index contributed by atoms with van der Waals surface area (Å²) >= 11 is 3.13. The number of rotatable bonds is 3. The van der Waals surface area contributed by atoms with Crippen LogP contribution in [0.25, 0.3) is 0 Å². The first kappa shape index (κ1) is 14.9. The molecule has 1 aromatic carbocycles. The van der Waals surface area contributed by atoms with Crippen LogP contribution >= 0.6 is 15.9 Å². The van der Waals surface area contributed by atoms with E-state index in [0.29, 0.717) is 17.6 Å². The van der Waals surface area contributed by atoms with E-state index in [-0.39, 0.29) is 24.5 Å². The van der Waals surface area contributed by atoms with Gasteiger partial charge in [0.1, 0.15) is 5.82 Å². The van der Waals surface area contributed by atoms with Crippen molar-refractivity contribution in [3.63, 3.8) is 0 Å². The van der Waals surface area contributed by atoms with Crippen molar-refractivity contribution in [2.24, 2.45) is 0 Å². The number of carboxylic acids is 1. The van der Waals surface area contributed by atoms with E-state index in [1.54, 1.807) is 0 Å². The van der Waals surface area contributed by atoms with Crippen LogP contribution in [0.5, 0.6) is 0 Å². The highest BCUT2D eigenvalue weighted by Gasteiger charge is 2.30. The first-order chi connectivity index (χ1) is 9.47. The monoisotopic (exact) mass is 345 g/mol. The smallest absolute Gasteiger partial charge is 0.305 e. The molecular weight excluding hydrogens is 333 g/mol. The van der Waals surface area contributed by atoms with Crippen molar-refractivity contribution >= 4 is 27.8 Å². The maximum absolute atomic E-state index is 13.3. The fourth-order valence-corrected chi connectivity index (χ4v) is 2.60. The fourth-order valence-electron chi connectivity index (χ4n) is 2.14. The van der Waals surface area contributed by atoms with Gasteiger partial charge in [-0.25, -0.2) is 4.39 Å². The Morgan fingerprint density at radius 1 is 1.45 bits per heavy atom. The number of nitrogens with zero attached hydrogens (tertiary/aromatic N) is 1. The number of hydrogen-bond acceptors (Lipinski definition) is 3. The van der Waals surface area contributed by atoms with Crippen LogP contribution in [-0.4, -0.2) is 47.7 Å². The molecule has 1 heterocycles. The van der Waals surface area contributed by atoms with E-state index in [9.17, 15) is 14.0 Å². The number of ether oxygens (including phenoxy) is 1. The molecule has 0 bridgehead atoms. The molecule has 5 nitrogen and oxygen atoms in total. The third-order valence-electron chi connectivity index (χ3n) is 3.01. The summed E-state index contributed by atoms with van der Waals surface area (Å²) in [6.07, 6.45) is -0.192. The molecule has 2 rings (SSSR count). The second-order valence-electron chi connectivity index (χ2n) is 4.48. The molecule has 0 spiro atoms. The van der Waals surface area contributed by atoms with Gasteiger partial charge in [-0.15, -0.1) is 0 Å². The molecule has 1 aliphatic heterocycles. The van der Waals surface area contributed by atoms with Crippen LogP contribution in [0.1, 0.15) is 16.8 Å². The molecule has 1 saturated heterocycles. The van der Waals surface area contributed by atoms with Crippen molar-refractivity contribution in [3.05, 3.63) is 34.1 Å². The molecular formula is C13H13BrFNO4. The Morgan fingerprint density at radius 3 is 2.85 bits per heavy atom. The molecule has 1 atom stereocenters. The predicted molar refractivity (Wildman–Crippen MR) is 72.0 cm³/mol. The third kappa shape index (κ3) is 3.55. The van der Waals surface area contributed by atoms with E-state index < -0.39 is 17.8 Å². The third-order valence-corrected chi connectivity index (χ3v) is 3.47. The quantitative estimate of drug-likeness (QED) is 0.908. The van der Waals surface area contributed by atoms with Gasteiger partial charge in [0.15, 0.2) is 0 Å². The molecule has 1 amide bonds. The highest BCUT2D eigenvalue weighted by atomic mass is 79.9. The predicted octanol–water partition coefficient (Wildman–Crippen LogP) is 1.90. The number of aliphatic carboxylic acids is 1. The Hall–Kier alpha value is -1.47. The van der Waals surface area contributed by atoms with Crippen LogP contribution in [0, 0.1) is 5.82 Å². The Balaban J connectivity index is 2.22. The minimum Gasteiger partial charge on any atom is -0.481 e. The zero-order valence-electron chi connectivity index (χ0n) is 10.5. The molecule has 1 aromatic rings. The van der Waals surface area contributed by atoms with E-state index in [1.807, 2.05) is 0 Å². The molecule has 0 aromatic heterocycles. The molecule has 7 heteroatoms. The Labute approximate surface area is 123 Å². The second kappa shape index (κ2) is 6.32. The summed E-state index contributed by atoms with van der Waals surface area (Å²) in [6.45, 7) is 0.817. The molecule has 1 unspecified atom stereocenters. The first-order valence-corrected chi connectivity index (χ1v) is 6.83. The van der Waals surface area contributed by atoms with Gasteiger partial charge in [-0.1, -0.05) is 15.9 Å². The number of benzene rings is 1. The van der Waals surface area contributed by atoms with E-state index in [2.05, 4.69) is 15.9 Å². The van der Waals surface area contributed by atoms with Gasteiger partial charge in [-0.3, -0.25) is 9.59 Å². The van der Waals surface area contributed by atoms with Crippen LogP contribution in [0.3, 0.4) is 0 Å². The number of morpholine rings is 1. The van der Waals surface area contributed by atoms with Gasteiger partial charge in [0, 0.05) is 16.6 Å². The number of amides is 1. The summed E-state index contributed by atoms with van der Waals surface area (Å²) in [7, 11) is 0. The van der Waals surface area contributed by atoms with Gasteiger partial charge in [0.05, 0.1) is 25.7 Å². The van der Waals surface area contributed by atoms with E-state index in [0.717, 1.165) is 6.07 Å². The van der Waals surface area contributed by atoms with Gasteiger partial charge >= 0.3 is 5.97 Å². The average molecular weight is 346 g/mol. The van der Waals surface area contributed by atoms with Crippen LogP contribution < -0.4 is 0 Å². The number of halogens is 2. The van der Waals surface area contributed by atoms with Crippen molar-refractivity contribution in [3.8, 4) is 0 Å². The lowest BCUT2D eigenvalue weighted by molar-refractivity contribution is -0.139. The summed E-state index contributed by atoms with van der Waals surface area (Å²) in [5.74, 6) is -1.91. The second-order valence-corrected chi connectivity index (χ2v) is 5.40.